The van der Waals surface area contributed by atoms with Gasteiger partial charge in [-0.2, -0.15) is 0 Å². The van der Waals surface area contributed by atoms with Crippen molar-refractivity contribution in [3.05, 3.63) is 89.2 Å². The molecule has 2 aromatic carbocycles. The highest BCUT2D eigenvalue weighted by atomic mass is 32.1. The summed E-state index contributed by atoms with van der Waals surface area (Å²) in [5.74, 6) is -0.375. The summed E-state index contributed by atoms with van der Waals surface area (Å²) in [6.07, 6.45) is 3.83. The Morgan fingerprint density at radius 3 is 2.44 bits per heavy atom. The number of hydrogen-bond donors (Lipinski definition) is 2. The van der Waals surface area contributed by atoms with E-state index in [2.05, 4.69) is 15.6 Å². The molecule has 0 saturated heterocycles. The van der Waals surface area contributed by atoms with Crippen LogP contribution in [-0.4, -0.2) is 21.2 Å². The van der Waals surface area contributed by atoms with Crippen LogP contribution in [0, 0.1) is 0 Å². The zero-order valence-electron chi connectivity index (χ0n) is 14.3. The van der Waals surface area contributed by atoms with E-state index in [0.29, 0.717) is 23.4 Å². The van der Waals surface area contributed by atoms with Gasteiger partial charge in [0.05, 0.1) is 12.2 Å². The molecule has 6 nitrogen and oxygen atoms in total. The monoisotopic (exact) mass is 376 g/mol. The SMILES string of the molecule is O=C(NCc1cn2ccsc2n1)c1ccc(NC(=O)c2ccccc2)cc1. The summed E-state index contributed by atoms with van der Waals surface area (Å²) in [6, 6.07) is 15.8. The molecule has 4 rings (SSSR count). The number of anilines is 1. The molecule has 0 radical (unpaired) electrons. The number of thiazole rings is 1. The van der Waals surface area contributed by atoms with Crippen molar-refractivity contribution in [1.29, 1.82) is 0 Å². The van der Waals surface area contributed by atoms with E-state index in [1.807, 2.05) is 40.4 Å². The molecule has 7 heteroatoms. The van der Waals surface area contributed by atoms with Crippen molar-refractivity contribution in [1.82, 2.24) is 14.7 Å². The molecular weight excluding hydrogens is 360 g/mol. The van der Waals surface area contributed by atoms with Crippen LogP contribution in [0.5, 0.6) is 0 Å². The minimum atomic E-state index is -0.188. The number of nitrogens with zero attached hydrogens (tertiary/aromatic N) is 2. The molecule has 134 valence electrons. The second kappa shape index (κ2) is 7.43. The van der Waals surface area contributed by atoms with E-state index >= 15 is 0 Å². The van der Waals surface area contributed by atoms with Crippen LogP contribution < -0.4 is 10.6 Å². The number of aromatic nitrogens is 2. The van der Waals surface area contributed by atoms with Gasteiger partial charge in [0, 0.05) is 34.6 Å². The summed E-state index contributed by atoms with van der Waals surface area (Å²) in [5.41, 5.74) is 2.55. The highest BCUT2D eigenvalue weighted by Gasteiger charge is 2.09. The summed E-state index contributed by atoms with van der Waals surface area (Å²) in [5, 5.41) is 7.63. The van der Waals surface area contributed by atoms with Crippen LogP contribution in [0.25, 0.3) is 4.96 Å². The summed E-state index contributed by atoms with van der Waals surface area (Å²) >= 11 is 1.55. The number of nitrogens with one attached hydrogen (secondary N) is 2. The maximum Gasteiger partial charge on any atom is 0.255 e. The maximum atomic E-state index is 12.3. The number of imidazole rings is 1. The van der Waals surface area contributed by atoms with E-state index < -0.39 is 0 Å². The van der Waals surface area contributed by atoms with Crippen LogP contribution in [0.1, 0.15) is 26.4 Å². The van der Waals surface area contributed by atoms with Gasteiger partial charge in [-0.3, -0.25) is 14.0 Å². The molecule has 0 spiro atoms. The van der Waals surface area contributed by atoms with Crippen LogP contribution in [-0.2, 0) is 6.54 Å². The fraction of sp³-hybridized carbons (Fsp3) is 0.0500. The van der Waals surface area contributed by atoms with Crippen molar-refractivity contribution >= 4 is 33.8 Å². The summed E-state index contributed by atoms with van der Waals surface area (Å²) < 4.78 is 1.93. The number of benzene rings is 2. The van der Waals surface area contributed by atoms with Gasteiger partial charge < -0.3 is 10.6 Å². The molecule has 0 aliphatic heterocycles. The molecule has 0 bridgehead atoms. The third-order valence-electron chi connectivity index (χ3n) is 4.01. The Hall–Kier alpha value is -3.45. The first-order valence-corrected chi connectivity index (χ1v) is 9.23. The molecular formula is C20H16N4O2S. The molecule has 0 aliphatic rings. The first-order valence-electron chi connectivity index (χ1n) is 8.35. The Kier molecular flexibility index (Phi) is 4.67. The van der Waals surface area contributed by atoms with Crippen molar-refractivity contribution in [2.75, 3.05) is 5.32 Å². The van der Waals surface area contributed by atoms with Crippen molar-refractivity contribution < 1.29 is 9.59 Å². The lowest BCUT2D eigenvalue weighted by Crippen LogP contribution is -2.23. The minimum Gasteiger partial charge on any atom is -0.346 e. The molecule has 0 atom stereocenters. The van der Waals surface area contributed by atoms with Crippen molar-refractivity contribution in [3.8, 4) is 0 Å². The lowest BCUT2D eigenvalue weighted by atomic mass is 10.1. The molecule has 0 fully saturated rings. The van der Waals surface area contributed by atoms with Crippen LogP contribution in [0.15, 0.2) is 72.4 Å². The number of rotatable bonds is 5. The second-order valence-electron chi connectivity index (χ2n) is 5.91. The second-order valence-corrected chi connectivity index (χ2v) is 6.78. The first kappa shape index (κ1) is 17.0. The average molecular weight is 376 g/mol. The van der Waals surface area contributed by atoms with E-state index in [-0.39, 0.29) is 11.8 Å². The Morgan fingerprint density at radius 2 is 1.70 bits per heavy atom. The quantitative estimate of drug-likeness (QED) is 0.559. The van der Waals surface area contributed by atoms with Gasteiger partial charge >= 0.3 is 0 Å². The van der Waals surface area contributed by atoms with Gasteiger partial charge in [-0.1, -0.05) is 18.2 Å². The number of amides is 2. The van der Waals surface area contributed by atoms with Gasteiger partial charge in [-0.25, -0.2) is 4.98 Å². The summed E-state index contributed by atoms with van der Waals surface area (Å²) in [6.45, 7) is 0.361. The fourth-order valence-corrected chi connectivity index (χ4v) is 3.35. The van der Waals surface area contributed by atoms with Crippen LogP contribution in [0.3, 0.4) is 0 Å². The standard InChI is InChI=1S/C20H16N4O2S/c25-18(21-12-17-13-24-10-11-27-20(24)23-17)15-6-8-16(9-7-15)22-19(26)14-4-2-1-3-5-14/h1-11,13H,12H2,(H,21,25)(H,22,26). The van der Waals surface area contributed by atoms with E-state index in [4.69, 9.17) is 0 Å². The van der Waals surface area contributed by atoms with Crippen LogP contribution >= 0.6 is 11.3 Å². The Balaban J connectivity index is 1.35. The Labute approximate surface area is 159 Å². The Bertz CT molecular complexity index is 1060. The van der Waals surface area contributed by atoms with Gasteiger partial charge in [0.15, 0.2) is 4.96 Å². The van der Waals surface area contributed by atoms with E-state index in [1.54, 1.807) is 47.7 Å². The van der Waals surface area contributed by atoms with Crippen molar-refractivity contribution in [2.24, 2.45) is 0 Å². The molecule has 2 aromatic heterocycles. The molecule has 2 heterocycles. The van der Waals surface area contributed by atoms with E-state index in [0.717, 1.165) is 10.7 Å². The van der Waals surface area contributed by atoms with Gasteiger partial charge in [0.25, 0.3) is 11.8 Å². The molecule has 2 amide bonds. The molecule has 0 aliphatic carbocycles. The minimum absolute atomic E-state index is 0.187. The third-order valence-corrected chi connectivity index (χ3v) is 4.78. The topological polar surface area (TPSA) is 75.5 Å². The zero-order valence-corrected chi connectivity index (χ0v) is 15.1. The van der Waals surface area contributed by atoms with E-state index in [9.17, 15) is 9.59 Å². The molecule has 4 aromatic rings. The predicted molar refractivity (Wildman–Crippen MR) is 105 cm³/mol. The molecule has 0 saturated carbocycles. The van der Waals surface area contributed by atoms with E-state index in [1.165, 1.54) is 0 Å². The van der Waals surface area contributed by atoms with Gasteiger partial charge in [-0.15, -0.1) is 11.3 Å². The summed E-state index contributed by atoms with van der Waals surface area (Å²) in [4.78, 5) is 29.8. The van der Waals surface area contributed by atoms with Gasteiger partial charge in [-0.05, 0) is 36.4 Å². The largest absolute Gasteiger partial charge is 0.346 e. The third kappa shape index (κ3) is 3.88. The lowest BCUT2D eigenvalue weighted by Gasteiger charge is -2.07. The van der Waals surface area contributed by atoms with Crippen molar-refractivity contribution in [2.45, 2.75) is 6.54 Å². The number of carbonyl (C=O) groups is 2. The smallest absolute Gasteiger partial charge is 0.255 e. The van der Waals surface area contributed by atoms with Gasteiger partial charge in [0.2, 0.25) is 0 Å². The average Bonchev–Trinajstić information content (AvgIpc) is 3.29. The number of fused-ring (bicyclic) bond motifs is 1. The van der Waals surface area contributed by atoms with Crippen molar-refractivity contribution in [3.63, 3.8) is 0 Å². The maximum absolute atomic E-state index is 12.3. The number of hydrogen-bond acceptors (Lipinski definition) is 4. The zero-order chi connectivity index (χ0) is 18.6. The number of carbonyl (C=O) groups excluding carboxylic acids is 2. The van der Waals surface area contributed by atoms with Gasteiger partial charge in [0.1, 0.15) is 0 Å². The van der Waals surface area contributed by atoms with Crippen LogP contribution in [0.4, 0.5) is 5.69 Å². The fourth-order valence-electron chi connectivity index (χ4n) is 2.63. The lowest BCUT2D eigenvalue weighted by molar-refractivity contribution is 0.0950. The Morgan fingerprint density at radius 1 is 0.963 bits per heavy atom. The molecule has 2 N–H and O–H groups in total. The van der Waals surface area contributed by atoms with Crippen LogP contribution in [0.2, 0.25) is 0 Å². The molecule has 27 heavy (non-hydrogen) atoms. The summed E-state index contributed by atoms with van der Waals surface area (Å²) in [7, 11) is 0. The highest BCUT2D eigenvalue weighted by molar-refractivity contribution is 7.15. The normalized spacial score (nSPS) is 10.7. The first-order chi connectivity index (χ1) is 13.2. The highest BCUT2D eigenvalue weighted by Crippen LogP contribution is 2.13. The molecule has 0 unspecified atom stereocenters. The predicted octanol–water partition coefficient (Wildman–Crippen LogP) is 3.58.